The first kappa shape index (κ1) is 18.1. The van der Waals surface area contributed by atoms with Crippen LogP contribution in [0.5, 0.6) is 0 Å². The maximum Gasteiger partial charge on any atom is 0.337 e. The maximum absolute atomic E-state index is 12.5. The second kappa shape index (κ2) is 8.14. The molecule has 136 valence electrons. The minimum atomic E-state index is -0.512. The number of carbonyl (C=O) groups excluding carboxylic acids is 2. The van der Waals surface area contributed by atoms with Crippen LogP contribution in [0.25, 0.3) is 0 Å². The van der Waals surface area contributed by atoms with E-state index in [4.69, 9.17) is 11.6 Å². The third kappa shape index (κ3) is 4.29. The van der Waals surface area contributed by atoms with E-state index in [-0.39, 0.29) is 5.69 Å². The molecule has 1 heterocycles. The van der Waals surface area contributed by atoms with Crippen molar-refractivity contribution < 1.29 is 14.3 Å². The van der Waals surface area contributed by atoms with Gasteiger partial charge >= 0.3 is 5.97 Å². The fraction of sp³-hybridized carbons (Fsp3) is 0.333. The van der Waals surface area contributed by atoms with Crippen molar-refractivity contribution in [2.45, 2.75) is 31.7 Å². The third-order valence-corrected chi connectivity index (χ3v) is 4.57. The highest BCUT2D eigenvalue weighted by Gasteiger charge is 2.17. The molecule has 1 saturated carbocycles. The number of methoxy groups -OCH3 is 1. The van der Waals surface area contributed by atoms with E-state index in [2.05, 4.69) is 25.3 Å². The van der Waals surface area contributed by atoms with Gasteiger partial charge in [0.05, 0.1) is 23.4 Å². The largest absolute Gasteiger partial charge is 0.465 e. The molecule has 1 aliphatic carbocycles. The van der Waals surface area contributed by atoms with Gasteiger partial charge < -0.3 is 15.4 Å². The zero-order valence-electron chi connectivity index (χ0n) is 14.3. The lowest BCUT2D eigenvalue weighted by Gasteiger charge is -2.13. The number of anilines is 2. The first-order valence-electron chi connectivity index (χ1n) is 8.34. The molecular weight excluding hydrogens is 356 g/mol. The van der Waals surface area contributed by atoms with Gasteiger partial charge in [-0.15, -0.1) is 0 Å². The standard InChI is InChI=1S/C18H19ClN4O3/c1-26-18(25)11-6-7-13(19)14(8-11)23-17(24)15-9-16(21-10-20-15)22-12-4-2-3-5-12/h6-10,12H,2-5H2,1H3,(H,23,24)(H,20,21,22). The summed E-state index contributed by atoms with van der Waals surface area (Å²) in [5.41, 5.74) is 0.807. The molecular formula is C18H19ClN4O3. The van der Waals surface area contributed by atoms with E-state index in [1.54, 1.807) is 6.07 Å². The summed E-state index contributed by atoms with van der Waals surface area (Å²) in [7, 11) is 1.29. The molecule has 0 radical (unpaired) electrons. The van der Waals surface area contributed by atoms with Crippen molar-refractivity contribution in [3.8, 4) is 0 Å². The number of nitrogens with zero attached hydrogens (tertiary/aromatic N) is 2. The number of nitrogens with one attached hydrogen (secondary N) is 2. The number of amides is 1. The van der Waals surface area contributed by atoms with Crippen molar-refractivity contribution in [1.82, 2.24) is 9.97 Å². The Morgan fingerprint density at radius 1 is 1.19 bits per heavy atom. The van der Waals surface area contributed by atoms with Gasteiger partial charge in [0.15, 0.2) is 0 Å². The summed E-state index contributed by atoms with van der Waals surface area (Å²) in [4.78, 5) is 32.3. The van der Waals surface area contributed by atoms with Crippen LogP contribution in [0.15, 0.2) is 30.6 Å². The van der Waals surface area contributed by atoms with Crippen molar-refractivity contribution in [1.29, 1.82) is 0 Å². The van der Waals surface area contributed by atoms with E-state index in [0.717, 1.165) is 12.8 Å². The lowest BCUT2D eigenvalue weighted by molar-refractivity contribution is 0.0600. The molecule has 0 aliphatic heterocycles. The van der Waals surface area contributed by atoms with E-state index in [0.29, 0.717) is 28.1 Å². The fourth-order valence-electron chi connectivity index (χ4n) is 2.89. The molecule has 2 aromatic rings. The third-order valence-electron chi connectivity index (χ3n) is 4.24. The monoisotopic (exact) mass is 374 g/mol. The van der Waals surface area contributed by atoms with Crippen LogP contribution in [-0.2, 0) is 4.74 Å². The molecule has 0 bridgehead atoms. The zero-order valence-corrected chi connectivity index (χ0v) is 15.0. The van der Waals surface area contributed by atoms with Gasteiger partial charge in [0, 0.05) is 12.1 Å². The average Bonchev–Trinajstić information content (AvgIpc) is 3.16. The Labute approximate surface area is 156 Å². The number of hydrogen-bond donors (Lipinski definition) is 2. The minimum absolute atomic E-state index is 0.208. The first-order chi connectivity index (χ1) is 12.6. The molecule has 1 fully saturated rings. The number of carbonyl (C=O) groups is 2. The number of aromatic nitrogens is 2. The van der Waals surface area contributed by atoms with Crippen LogP contribution >= 0.6 is 11.6 Å². The second-order valence-electron chi connectivity index (χ2n) is 6.05. The maximum atomic E-state index is 12.5. The van der Waals surface area contributed by atoms with E-state index < -0.39 is 11.9 Å². The number of esters is 1. The van der Waals surface area contributed by atoms with E-state index in [1.807, 2.05) is 0 Å². The highest BCUT2D eigenvalue weighted by molar-refractivity contribution is 6.34. The van der Waals surface area contributed by atoms with E-state index >= 15 is 0 Å². The average molecular weight is 375 g/mol. The van der Waals surface area contributed by atoms with Gasteiger partial charge in [0.25, 0.3) is 5.91 Å². The molecule has 26 heavy (non-hydrogen) atoms. The molecule has 3 rings (SSSR count). The lowest BCUT2D eigenvalue weighted by Crippen LogP contribution is -2.18. The molecule has 0 atom stereocenters. The SMILES string of the molecule is COC(=O)c1ccc(Cl)c(NC(=O)c2cc(NC3CCCC3)ncn2)c1. The Morgan fingerprint density at radius 3 is 2.69 bits per heavy atom. The molecule has 2 N–H and O–H groups in total. The number of ether oxygens (including phenoxy) is 1. The molecule has 1 aromatic carbocycles. The Hall–Kier alpha value is -2.67. The van der Waals surface area contributed by atoms with Crippen LogP contribution in [0.1, 0.15) is 46.5 Å². The smallest absolute Gasteiger partial charge is 0.337 e. The van der Waals surface area contributed by atoms with Crippen molar-refractivity contribution in [2.24, 2.45) is 0 Å². The molecule has 1 aromatic heterocycles. The van der Waals surface area contributed by atoms with Crippen molar-refractivity contribution in [3.05, 3.63) is 46.9 Å². The van der Waals surface area contributed by atoms with Crippen LogP contribution < -0.4 is 10.6 Å². The molecule has 7 nitrogen and oxygen atoms in total. The van der Waals surface area contributed by atoms with Gasteiger partial charge in [0.1, 0.15) is 17.8 Å². The highest BCUT2D eigenvalue weighted by Crippen LogP contribution is 2.25. The van der Waals surface area contributed by atoms with Crippen molar-refractivity contribution in [3.63, 3.8) is 0 Å². The van der Waals surface area contributed by atoms with Crippen LogP contribution in [-0.4, -0.2) is 35.0 Å². The van der Waals surface area contributed by atoms with Crippen LogP contribution in [0.2, 0.25) is 5.02 Å². The normalized spacial score (nSPS) is 14.1. The molecule has 0 saturated heterocycles. The number of benzene rings is 1. The zero-order chi connectivity index (χ0) is 18.5. The Bertz CT molecular complexity index is 822. The van der Waals surface area contributed by atoms with E-state index in [9.17, 15) is 9.59 Å². The Kier molecular flexibility index (Phi) is 5.68. The van der Waals surface area contributed by atoms with Gasteiger partial charge in [-0.25, -0.2) is 14.8 Å². The van der Waals surface area contributed by atoms with Gasteiger partial charge in [-0.3, -0.25) is 4.79 Å². The fourth-order valence-corrected chi connectivity index (χ4v) is 3.06. The molecule has 8 heteroatoms. The molecule has 0 unspecified atom stereocenters. The Balaban J connectivity index is 1.74. The number of rotatable bonds is 5. The quantitative estimate of drug-likeness (QED) is 0.778. The second-order valence-corrected chi connectivity index (χ2v) is 6.46. The minimum Gasteiger partial charge on any atom is -0.465 e. The van der Waals surface area contributed by atoms with Gasteiger partial charge in [-0.05, 0) is 31.0 Å². The van der Waals surface area contributed by atoms with Crippen LogP contribution in [0.4, 0.5) is 11.5 Å². The summed E-state index contributed by atoms with van der Waals surface area (Å²) < 4.78 is 4.68. The van der Waals surface area contributed by atoms with Gasteiger partial charge in [-0.2, -0.15) is 0 Å². The summed E-state index contributed by atoms with van der Waals surface area (Å²) in [5.74, 6) is -0.334. The van der Waals surface area contributed by atoms with E-state index in [1.165, 1.54) is 44.5 Å². The molecule has 1 aliphatic rings. The van der Waals surface area contributed by atoms with Crippen molar-refractivity contribution >= 4 is 35.0 Å². The summed E-state index contributed by atoms with van der Waals surface area (Å²) in [5, 5.41) is 6.30. The summed E-state index contributed by atoms with van der Waals surface area (Å²) >= 11 is 6.11. The first-order valence-corrected chi connectivity index (χ1v) is 8.72. The van der Waals surface area contributed by atoms with Crippen LogP contribution in [0.3, 0.4) is 0 Å². The van der Waals surface area contributed by atoms with Crippen molar-refractivity contribution in [2.75, 3.05) is 17.7 Å². The Morgan fingerprint density at radius 2 is 1.96 bits per heavy atom. The molecule has 0 spiro atoms. The summed E-state index contributed by atoms with van der Waals surface area (Å²) in [6.45, 7) is 0. The highest BCUT2D eigenvalue weighted by atomic mass is 35.5. The number of hydrogen-bond acceptors (Lipinski definition) is 6. The predicted octanol–water partition coefficient (Wildman–Crippen LogP) is 3.52. The van der Waals surface area contributed by atoms with Gasteiger partial charge in [-0.1, -0.05) is 24.4 Å². The lowest BCUT2D eigenvalue weighted by atomic mass is 10.2. The van der Waals surface area contributed by atoms with Gasteiger partial charge in [0.2, 0.25) is 0 Å². The predicted molar refractivity (Wildman–Crippen MR) is 98.7 cm³/mol. The summed E-state index contributed by atoms with van der Waals surface area (Å²) in [6, 6.07) is 6.50. The topological polar surface area (TPSA) is 93.2 Å². The molecule has 1 amide bonds. The number of halogens is 1. The van der Waals surface area contributed by atoms with Crippen LogP contribution in [0, 0.1) is 0 Å². The summed E-state index contributed by atoms with van der Waals surface area (Å²) in [6.07, 6.45) is 5.94.